The first kappa shape index (κ1) is 19.0. The molecule has 0 aliphatic heterocycles. The predicted octanol–water partition coefficient (Wildman–Crippen LogP) is 4.60. The minimum Gasteiger partial charge on any atom is -0.493 e. The van der Waals surface area contributed by atoms with Crippen molar-refractivity contribution in [2.45, 2.75) is 19.4 Å². The molecule has 1 atom stereocenters. The number of hydrogen-bond donors (Lipinski definition) is 1. The van der Waals surface area contributed by atoms with Crippen LogP contribution < -0.4 is 14.8 Å². The van der Waals surface area contributed by atoms with Gasteiger partial charge in [0.15, 0.2) is 18.1 Å². The van der Waals surface area contributed by atoms with Crippen LogP contribution in [0.25, 0.3) is 0 Å². The predicted molar refractivity (Wildman–Crippen MR) is 109 cm³/mol. The van der Waals surface area contributed by atoms with E-state index in [4.69, 9.17) is 9.47 Å². The molecule has 0 bridgehead atoms. The van der Waals surface area contributed by atoms with E-state index in [-0.39, 0.29) is 18.6 Å². The van der Waals surface area contributed by atoms with Crippen LogP contribution in [0.3, 0.4) is 0 Å². The maximum atomic E-state index is 12.5. The molecule has 1 heterocycles. The Kier molecular flexibility index (Phi) is 6.49. The van der Waals surface area contributed by atoms with E-state index in [1.165, 1.54) is 5.56 Å². The molecule has 2 aromatic carbocycles. The molecule has 27 heavy (non-hydrogen) atoms. The minimum atomic E-state index is -0.190. The number of carbonyl (C=O) groups is 1. The first-order chi connectivity index (χ1) is 13.2. The van der Waals surface area contributed by atoms with Crippen LogP contribution in [0.4, 0.5) is 0 Å². The van der Waals surface area contributed by atoms with Gasteiger partial charge in [-0.05, 0) is 41.1 Å². The molecule has 0 fully saturated rings. The molecule has 0 radical (unpaired) electrons. The highest BCUT2D eigenvalue weighted by molar-refractivity contribution is 7.10. The summed E-state index contributed by atoms with van der Waals surface area (Å²) in [6.45, 7) is 2.05. The Balaban J connectivity index is 1.71. The highest BCUT2D eigenvalue weighted by Crippen LogP contribution is 2.27. The summed E-state index contributed by atoms with van der Waals surface area (Å²) in [5.41, 5.74) is 2.33. The third-order valence-electron chi connectivity index (χ3n) is 4.28. The summed E-state index contributed by atoms with van der Waals surface area (Å²) in [6.07, 6.45) is 0.989. The molecule has 1 N–H and O–H groups in total. The standard InChI is InChI=1S/C22H23NO3S/c1-3-16-10-12-17(13-11-16)22(20-9-6-14-27-20)23-21(24)15-26-19-8-5-4-7-18(19)25-2/h4-14,22H,3,15H2,1-2H3,(H,23,24). The fourth-order valence-corrected chi connectivity index (χ4v) is 3.61. The molecule has 0 aliphatic carbocycles. The van der Waals surface area contributed by atoms with Gasteiger partial charge >= 0.3 is 0 Å². The van der Waals surface area contributed by atoms with Crippen LogP contribution in [0, 0.1) is 0 Å². The van der Waals surface area contributed by atoms with Gasteiger partial charge in [-0.1, -0.05) is 49.4 Å². The lowest BCUT2D eigenvalue weighted by molar-refractivity contribution is -0.123. The monoisotopic (exact) mass is 381 g/mol. The van der Waals surface area contributed by atoms with Gasteiger partial charge in [-0.3, -0.25) is 4.79 Å². The van der Waals surface area contributed by atoms with Crippen LogP contribution in [0.5, 0.6) is 11.5 Å². The second-order valence-electron chi connectivity index (χ2n) is 6.05. The van der Waals surface area contributed by atoms with E-state index in [2.05, 4.69) is 36.5 Å². The number of aryl methyl sites for hydroxylation is 1. The molecule has 4 nitrogen and oxygen atoms in total. The summed E-state index contributed by atoms with van der Waals surface area (Å²) >= 11 is 1.62. The molecule has 1 unspecified atom stereocenters. The quantitative estimate of drug-likeness (QED) is 0.620. The van der Waals surface area contributed by atoms with Crippen molar-refractivity contribution in [3.05, 3.63) is 82.0 Å². The van der Waals surface area contributed by atoms with Crippen LogP contribution in [0.1, 0.15) is 29.0 Å². The third-order valence-corrected chi connectivity index (χ3v) is 5.22. The maximum absolute atomic E-state index is 12.5. The van der Waals surface area contributed by atoms with Gasteiger partial charge < -0.3 is 14.8 Å². The van der Waals surface area contributed by atoms with Crippen molar-refractivity contribution >= 4 is 17.2 Å². The normalized spacial score (nSPS) is 11.6. The number of para-hydroxylation sites is 2. The van der Waals surface area contributed by atoms with Crippen LogP contribution in [0.15, 0.2) is 66.0 Å². The Morgan fingerprint density at radius 3 is 2.41 bits per heavy atom. The summed E-state index contributed by atoms with van der Waals surface area (Å²) < 4.78 is 10.9. The van der Waals surface area contributed by atoms with E-state index in [0.29, 0.717) is 11.5 Å². The Morgan fingerprint density at radius 1 is 1.04 bits per heavy atom. The molecule has 5 heteroatoms. The summed E-state index contributed by atoms with van der Waals surface area (Å²) in [5, 5.41) is 5.10. The molecular weight excluding hydrogens is 358 g/mol. The van der Waals surface area contributed by atoms with Crippen LogP contribution >= 0.6 is 11.3 Å². The number of amides is 1. The average Bonchev–Trinajstić information content (AvgIpc) is 3.25. The summed E-state index contributed by atoms with van der Waals surface area (Å²) in [6, 6.07) is 19.5. The van der Waals surface area contributed by atoms with Crippen molar-refractivity contribution in [2.24, 2.45) is 0 Å². The average molecular weight is 381 g/mol. The van der Waals surface area contributed by atoms with Gasteiger partial charge in [0, 0.05) is 4.88 Å². The molecule has 0 saturated carbocycles. The third kappa shape index (κ3) is 4.89. The van der Waals surface area contributed by atoms with Crippen molar-refractivity contribution in [3.63, 3.8) is 0 Å². The van der Waals surface area contributed by atoms with Crippen LogP contribution in [0.2, 0.25) is 0 Å². The van der Waals surface area contributed by atoms with E-state index in [0.717, 1.165) is 16.9 Å². The lowest BCUT2D eigenvalue weighted by atomic mass is 10.0. The Labute approximate surface area is 163 Å². The summed E-state index contributed by atoms with van der Waals surface area (Å²) in [7, 11) is 1.58. The summed E-state index contributed by atoms with van der Waals surface area (Å²) in [5.74, 6) is 0.976. The fourth-order valence-electron chi connectivity index (χ4n) is 2.80. The van der Waals surface area contributed by atoms with Crippen LogP contribution in [-0.2, 0) is 11.2 Å². The summed E-state index contributed by atoms with van der Waals surface area (Å²) in [4.78, 5) is 13.6. The van der Waals surface area contributed by atoms with E-state index >= 15 is 0 Å². The first-order valence-corrected chi connectivity index (χ1v) is 9.76. The second kappa shape index (κ2) is 9.24. The van der Waals surface area contributed by atoms with Crippen molar-refractivity contribution in [3.8, 4) is 11.5 Å². The Bertz CT molecular complexity index is 860. The number of benzene rings is 2. The number of methoxy groups -OCH3 is 1. The van der Waals surface area contributed by atoms with Gasteiger partial charge in [0.05, 0.1) is 13.2 Å². The molecule has 0 spiro atoms. The van der Waals surface area contributed by atoms with E-state index in [9.17, 15) is 4.79 Å². The van der Waals surface area contributed by atoms with Gasteiger partial charge in [-0.15, -0.1) is 11.3 Å². The zero-order valence-electron chi connectivity index (χ0n) is 15.5. The van der Waals surface area contributed by atoms with Gasteiger partial charge in [0.2, 0.25) is 0 Å². The van der Waals surface area contributed by atoms with Gasteiger partial charge in [-0.25, -0.2) is 0 Å². The van der Waals surface area contributed by atoms with Gasteiger partial charge in [-0.2, -0.15) is 0 Å². The lowest BCUT2D eigenvalue weighted by Crippen LogP contribution is -2.33. The van der Waals surface area contributed by atoms with Crippen molar-refractivity contribution in [1.82, 2.24) is 5.32 Å². The number of rotatable bonds is 8. The number of thiophene rings is 1. The maximum Gasteiger partial charge on any atom is 0.258 e. The van der Waals surface area contributed by atoms with Crippen molar-refractivity contribution in [2.75, 3.05) is 13.7 Å². The molecule has 3 aromatic rings. The molecular formula is C22H23NO3S. The fraction of sp³-hybridized carbons (Fsp3) is 0.227. The van der Waals surface area contributed by atoms with Crippen molar-refractivity contribution in [1.29, 1.82) is 0 Å². The molecule has 3 rings (SSSR count). The number of ether oxygens (including phenoxy) is 2. The number of hydrogen-bond acceptors (Lipinski definition) is 4. The molecule has 1 aromatic heterocycles. The lowest BCUT2D eigenvalue weighted by Gasteiger charge is -2.19. The molecule has 0 aliphatic rings. The van der Waals surface area contributed by atoms with Crippen LogP contribution in [-0.4, -0.2) is 19.6 Å². The molecule has 0 saturated heterocycles. The minimum absolute atomic E-state index is 0.0741. The first-order valence-electron chi connectivity index (χ1n) is 8.88. The molecule has 1 amide bonds. The topological polar surface area (TPSA) is 47.6 Å². The zero-order valence-corrected chi connectivity index (χ0v) is 16.3. The van der Waals surface area contributed by atoms with Crippen molar-refractivity contribution < 1.29 is 14.3 Å². The van der Waals surface area contributed by atoms with E-state index in [1.54, 1.807) is 30.6 Å². The highest BCUT2D eigenvalue weighted by atomic mass is 32.1. The molecule has 140 valence electrons. The highest BCUT2D eigenvalue weighted by Gasteiger charge is 2.18. The van der Waals surface area contributed by atoms with Gasteiger partial charge in [0.25, 0.3) is 5.91 Å². The largest absolute Gasteiger partial charge is 0.493 e. The number of carbonyl (C=O) groups excluding carboxylic acids is 1. The second-order valence-corrected chi connectivity index (χ2v) is 7.03. The van der Waals surface area contributed by atoms with Gasteiger partial charge in [0.1, 0.15) is 0 Å². The number of nitrogens with one attached hydrogen (secondary N) is 1. The smallest absolute Gasteiger partial charge is 0.258 e. The Morgan fingerprint density at radius 2 is 1.78 bits per heavy atom. The SMILES string of the molecule is CCc1ccc(C(NC(=O)COc2ccccc2OC)c2cccs2)cc1. The zero-order chi connectivity index (χ0) is 19.1. The van der Waals surface area contributed by atoms with E-state index in [1.807, 2.05) is 29.6 Å². The Hall–Kier alpha value is -2.79. The van der Waals surface area contributed by atoms with E-state index < -0.39 is 0 Å².